The van der Waals surface area contributed by atoms with Crippen molar-refractivity contribution >= 4 is 21.9 Å². The minimum absolute atomic E-state index is 0.697. The largest absolute Gasteiger partial charge is 0.455 e. The first-order valence-electron chi connectivity index (χ1n) is 20.4. The summed E-state index contributed by atoms with van der Waals surface area (Å²) in [5, 5.41) is 2.43. The Kier molecular flexibility index (Phi) is 6.97. The number of rotatable bonds is 3. The van der Waals surface area contributed by atoms with Crippen molar-refractivity contribution < 1.29 is 4.42 Å². The summed E-state index contributed by atoms with van der Waals surface area (Å²) in [7, 11) is 0. The Bertz CT molecular complexity index is 2000. The molecule has 6 saturated carbocycles. The van der Waals surface area contributed by atoms with E-state index in [1.807, 2.05) is 0 Å². The molecule has 11 atom stereocenters. The summed E-state index contributed by atoms with van der Waals surface area (Å²) in [4.78, 5) is 0. The monoisotopic (exact) mass is 644 g/mol. The zero-order valence-corrected chi connectivity index (χ0v) is 29.1. The fourth-order valence-electron chi connectivity index (χ4n) is 14.4. The molecule has 0 aliphatic heterocycles. The first kappa shape index (κ1) is 29.4. The Balaban J connectivity index is 0.933. The molecule has 6 fully saturated rings. The second kappa shape index (κ2) is 11.6. The van der Waals surface area contributed by atoms with Crippen molar-refractivity contribution in [1.82, 2.24) is 0 Å². The molecule has 0 spiro atoms. The van der Waals surface area contributed by atoms with Crippen LogP contribution in [0.1, 0.15) is 95.0 Å². The molecular formula is C48H52O. The summed E-state index contributed by atoms with van der Waals surface area (Å²) in [6.45, 7) is 0. The summed E-state index contributed by atoms with van der Waals surface area (Å²) in [5.41, 5.74) is 8.54. The third-order valence-electron chi connectivity index (χ3n) is 15.9. The Labute approximate surface area is 292 Å². The number of para-hydroxylation sites is 2. The lowest BCUT2D eigenvalue weighted by Gasteiger charge is -2.67. The van der Waals surface area contributed by atoms with Crippen molar-refractivity contribution in [2.75, 3.05) is 0 Å². The first-order chi connectivity index (χ1) is 24.3. The highest BCUT2D eigenvalue weighted by Gasteiger charge is 2.62. The highest BCUT2D eigenvalue weighted by molar-refractivity contribution is 6.13. The molecule has 6 aliphatic carbocycles. The van der Waals surface area contributed by atoms with Crippen LogP contribution in [-0.4, -0.2) is 0 Å². The van der Waals surface area contributed by atoms with Crippen molar-refractivity contribution in [1.29, 1.82) is 0 Å². The number of fused-ring (bicyclic) bond motifs is 9. The maximum Gasteiger partial charge on any atom is 0.143 e. The second-order valence-electron chi connectivity index (χ2n) is 17.6. The van der Waals surface area contributed by atoms with Crippen molar-refractivity contribution in [3.8, 4) is 22.3 Å². The van der Waals surface area contributed by atoms with Crippen LogP contribution in [0.4, 0.5) is 0 Å². The maximum absolute atomic E-state index is 6.85. The van der Waals surface area contributed by atoms with Gasteiger partial charge in [-0.25, -0.2) is 0 Å². The van der Waals surface area contributed by atoms with E-state index in [1.54, 1.807) is 44.1 Å². The van der Waals surface area contributed by atoms with Crippen LogP contribution >= 0.6 is 0 Å². The SMILES string of the molecule is c1ccc(-c2cccc3c2oc2c(-c4cccc(C5CCC6C(C5)C5CCCC7C8CCCCC8C8CCCC6C8C75)c4)cccc23)cc1. The molecule has 0 bridgehead atoms. The van der Waals surface area contributed by atoms with Crippen LogP contribution in [0.3, 0.4) is 0 Å². The molecular weight excluding hydrogens is 593 g/mol. The molecule has 250 valence electrons. The smallest absolute Gasteiger partial charge is 0.143 e. The zero-order valence-electron chi connectivity index (χ0n) is 29.1. The van der Waals surface area contributed by atoms with Gasteiger partial charge in [-0.15, -0.1) is 0 Å². The van der Waals surface area contributed by atoms with E-state index in [1.165, 1.54) is 78.0 Å². The van der Waals surface area contributed by atoms with Crippen LogP contribution in [0, 0.1) is 59.2 Å². The van der Waals surface area contributed by atoms with E-state index < -0.39 is 0 Å². The zero-order chi connectivity index (χ0) is 32.1. The van der Waals surface area contributed by atoms with Crippen LogP contribution in [-0.2, 0) is 0 Å². The molecule has 0 N–H and O–H groups in total. The van der Waals surface area contributed by atoms with Crippen LogP contribution in [0.25, 0.3) is 44.2 Å². The first-order valence-corrected chi connectivity index (χ1v) is 20.4. The van der Waals surface area contributed by atoms with Gasteiger partial charge in [0.1, 0.15) is 11.2 Å². The summed E-state index contributed by atoms with van der Waals surface area (Å²) >= 11 is 0. The van der Waals surface area contributed by atoms with E-state index in [9.17, 15) is 0 Å². The predicted octanol–water partition coefficient (Wildman–Crippen LogP) is 13.3. The number of hydrogen-bond acceptors (Lipinski definition) is 1. The lowest BCUT2D eigenvalue weighted by Crippen LogP contribution is -2.61. The molecule has 6 aliphatic rings. The molecule has 11 unspecified atom stereocenters. The summed E-state index contributed by atoms with van der Waals surface area (Å²) < 4.78 is 6.85. The van der Waals surface area contributed by atoms with Crippen molar-refractivity contribution in [2.45, 2.75) is 89.4 Å². The fraction of sp³-hybridized carbons (Fsp3) is 0.500. The highest BCUT2D eigenvalue weighted by atomic mass is 16.3. The van der Waals surface area contributed by atoms with Crippen LogP contribution in [0.15, 0.2) is 95.4 Å². The topological polar surface area (TPSA) is 13.1 Å². The van der Waals surface area contributed by atoms with Crippen LogP contribution in [0.5, 0.6) is 0 Å². The molecule has 49 heavy (non-hydrogen) atoms. The number of furan rings is 1. The third-order valence-corrected chi connectivity index (χ3v) is 15.9. The Hall–Kier alpha value is -3.32. The lowest BCUT2D eigenvalue weighted by molar-refractivity contribution is -0.188. The molecule has 4 aromatic carbocycles. The van der Waals surface area contributed by atoms with E-state index in [0.717, 1.165) is 70.3 Å². The minimum Gasteiger partial charge on any atom is -0.455 e. The standard InChI is InChI=1S/C48H52O/c1-2-11-29(12-3-1)33-17-7-23-42-43-24-8-18-34(48(43)49-47(33)42)32-14-6-13-30(27-32)31-25-26-37-40-21-9-19-38-35-15-4-5-16-36(35)39-20-10-22-41(44(37)28-31)46(39)45(38)40/h1-3,6-8,11-14,17-18,23-24,27,31,35-41,44-46H,4-5,9-10,15-16,19-22,25-26,28H2. The summed E-state index contributed by atoms with van der Waals surface area (Å²) in [5.74, 6) is 11.2. The van der Waals surface area contributed by atoms with Crippen molar-refractivity contribution in [2.24, 2.45) is 59.2 Å². The molecule has 0 amide bonds. The van der Waals surface area contributed by atoms with Crippen molar-refractivity contribution in [3.63, 3.8) is 0 Å². The molecule has 0 radical (unpaired) electrons. The average Bonchev–Trinajstić information content (AvgIpc) is 3.57. The Morgan fingerprint density at radius 2 is 0.939 bits per heavy atom. The molecule has 1 nitrogen and oxygen atoms in total. The van der Waals surface area contributed by atoms with Gasteiger partial charge in [0.15, 0.2) is 0 Å². The van der Waals surface area contributed by atoms with Gasteiger partial charge in [0.05, 0.1) is 0 Å². The maximum atomic E-state index is 6.85. The summed E-state index contributed by atoms with van der Waals surface area (Å²) in [6, 6.07) is 33.8. The molecule has 0 saturated heterocycles. The van der Waals surface area contributed by atoms with Gasteiger partial charge in [0, 0.05) is 21.9 Å². The van der Waals surface area contributed by atoms with Gasteiger partial charge in [-0.2, -0.15) is 0 Å². The van der Waals surface area contributed by atoms with Gasteiger partial charge in [-0.1, -0.05) is 117 Å². The van der Waals surface area contributed by atoms with E-state index in [0.29, 0.717) is 5.92 Å². The Morgan fingerprint density at radius 3 is 1.59 bits per heavy atom. The molecule has 5 aromatic rings. The predicted molar refractivity (Wildman–Crippen MR) is 202 cm³/mol. The van der Waals surface area contributed by atoms with E-state index in [4.69, 9.17) is 4.42 Å². The van der Waals surface area contributed by atoms with Gasteiger partial charge in [0.2, 0.25) is 0 Å². The van der Waals surface area contributed by atoms with Gasteiger partial charge < -0.3 is 4.42 Å². The molecule has 1 heterocycles. The van der Waals surface area contributed by atoms with Gasteiger partial charge in [-0.3, -0.25) is 0 Å². The normalized spacial score (nSPS) is 36.5. The van der Waals surface area contributed by atoms with Gasteiger partial charge in [-0.05, 0) is 140 Å². The third kappa shape index (κ3) is 4.49. The molecule has 11 rings (SSSR count). The minimum atomic E-state index is 0.697. The van der Waals surface area contributed by atoms with Crippen molar-refractivity contribution in [3.05, 3.63) is 96.6 Å². The van der Waals surface area contributed by atoms with E-state index in [-0.39, 0.29) is 0 Å². The van der Waals surface area contributed by atoms with Crippen LogP contribution < -0.4 is 0 Å². The highest BCUT2D eigenvalue weighted by Crippen LogP contribution is 2.69. The lowest BCUT2D eigenvalue weighted by atomic mass is 9.37. The van der Waals surface area contributed by atoms with Crippen LogP contribution in [0.2, 0.25) is 0 Å². The molecule has 1 aromatic heterocycles. The number of hydrogen-bond donors (Lipinski definition) is 0. The van der Waals surface area contributed by atoms with E-state index >= 15 is 0 Å². The van der Waals surface area contributed by atoms with Gasteiger partial charge >= 0.3 is 0 Å². The number of benzene rings is 4. The Morgan fingerprint density at radius 1 is 0.408 bits per heavy atom. The van der Waals surface area contributed by atoms with Gasteiger partial charge in [0.25, 0.3) is 0 Å². The van der Waals surface area contributed by atoms with E-state index in [2.05, 4.69) is 91.0 Å². The fourth-order valence-corrected chi connectivity index (χ4v) is 14.4. The molecule has 1 heteroatoms. The summed E-state index contributed by atoms with van der Waals surface area (Å²) in [6.07, 6.45) is 19.8. The average molecular weight is 645 g/mol. The quantitative estimate of drug-likeness (QED) is 0.190. The second-order valence-corrected chi connectivity index (χ2v) is 17.6.